The monoisotopic (exact) mass is 222 g/mol. The molecular weight excluding hydrogens is 204 g/mol. The van der Waals surface area contributed by atoms with Crippen LogP contribution in [-0.4, -0.2) is 0 Å². The van der Waals surface area contributed by atoms with Gasteiger partial charge in [-0.1, -0.05) is 66.7 Å². The summed E-state index contributed by atoms with van der Waals surface area (Å²) in [6.45, 7) is 2.17. The molecule has 0 atom stereocenters. The quantitative estimate of drug-likeness (QED) is 0.675. The fourth-order valence-corrected chi connectivity index (χ4v) is 1.88. The van der Waals surface area contributed by atoms with Gasteiger partial charge in [0.2, 0.25) is 0 Å². The molecule has 0 bridgehead atoms. The predicted octanol–water partition coefficient (Wildman–Crippen LogP) is 4.34. The summed E-state index contributed by atoms with van der Waals surface area (Å²) in [5.41, 5.74) is 4.15. The van der Waals surface area contributed by atoms with Gasteiger partial charge >= 0.3 is 0 Å². The van der Waals surface area contributed by atoms with Crippen LogP contribution in [0.3, 0.4) is 0 Å². The van der Waals surface area contributed by atoms with Gasteiger partial charge in [0.05, 0.1) is 0 Å². The zero-order valence-electron chi connectivity index (χ0n) is 10.3. The second-order valence-electron chi connectivity index (χ2n) is 4.29. The molecule has 2 rings (SSSR count). The third kappa shape index (κ3) is 3.60. The molecule has 0 saturated carbocycles. The van der Waals surface area contributed by atoms with Crippen LogP contribution >= 0.6 is 0 Å². The summed E-state index contributed by atoms with van der Waals surface area (Å²) in [6.07, 6.45) is 6.56. The number of rotatable bonds is 4. The highest BCUT2D eigenvalue weighted by Crippen LogP contribution is 2.08. The minimum atomic E-state index is 1.02. The number of benzene rings is 2. The van der Waals surface area contributed by atoms with Crippen LogP contribution in [0.2, 0.25) is 0 Å². The van der Waals surface area contributed by atoms with Crippen molar-refractivity contribution in [3.05, 3.63) is 83.4 Å². The van der Waals surface area contributed by atoms with Crippen molar-refractivity contribution in [3.8, 4) is 0 Å². The van der Waals surface area contributed by atoms with Gasteiger partial charge in [-0.3, -0.25) is 0 Å². The van der Waals surface area contributed by atoms with E-state index in [1.165, 1.54) is 16.7 Å². The molecule has 0 spiro atoms. The third-order valence-electron chi connectivity index (χ3n) is 2.96. The fraction of sp³-hybridized carbons (Fsp3) is 0.176. The van der Waals surface area contributed by atoms with Crippen molar-refractivity contribution in [1.82, 2.24) is 0 Å². The van der Waals surface area contributed by atoms with E-state index in [0.717, 1.165) is 12.8 Å². The van der Waals surface area contributed by atoms with Gasteiger partial charge in [0.25, 0.3) is 0 Å². The van der Waals surface area contributed by atoms with E-state index in [9.17, 15) is 0 Å². The Balaban J connectivity index is 1.89. The zero-order valence-corrected chi connectivity index (χ0v) is 10.3. The average molecular weight is 222 g/mol. The predicted molar refractivity (Wildman–Crippen MR) is 74.2 cm³/mol. The molecule has 17 heavy (non-hydrogen) atoms. The Morgan fingerprint density at radius 2 is 1.41 bits per heavy atom. The molecule has 0 nitrogen and oxygen atoms in total. The molecular formula is C17H18. The SMILES string of the molecule is Cc1ccccc1CC=CCc1ccccc1. The van der Waals surface area contributed by atoms with Gasteiger partial charge in [0.15, 0.2) is 0 Å². The molecule has 0 aliphatic rings. The molecule has 0 radical (unpaired) electrons. The number of hydrogen-bond acceptors (Lipinski definition) is 0. The Labute approximate surface area is 104 Å². The Bertz CT molecular complexity index is 480. The molecule has 0 heterocycles. The maximum atomic E-state index is 2.26. The number of hydrogen-bond donors (Lipinski definition) is 0. The first-order valence-corrected chi connectivity index (χ1v) is 6.09. The molecule has 0 aliphatic heterocycles. The summed E-state index contributed by atoms with van der Waals surface area (Å²) in [7, 11) is 0. The van der Waals surface area contributed by atoms with Gasteiger partial charge in [-0.25, -0.2) is 0 Å². The van der Waals surface area contributed by atoms with Crippen LogP contribution < -0.4 is 0 Å². The van der Waals surface area contributed by atoms with Gasteiger partial charge in [-0.2, -0.15) is 0 Å². The van der Waals surface area contributed by atoms with Crippen LogP contribution in [0.1, 0.15) is 16.7 Å². The van der Waals surface area contributed by atoms with Crippen LogP contribution in [-0.2, 0) is 12.8 Å². The first-order valence-electron chi connectivity index (χ1n) is 6.09. The summed E-state index contributed by atoms with van der Waals surface area (Å²) >= 11 is 0. The summed E-state index contributed by atoms with van der Waals surface area (Å²) < 4.78 is 0. The first kappa shape index (κ1) is 11.7. The Morgan fingerprint density at radius 3 is 2.18 bits per heavy atom. The van der Waals surface area contributed by atoms with E-state index in [1.807, 2.05) is 0 Å². The fourth-order valence-electron chi connectivity index (χ4n) is 1.88. The summed E-state index contributed by atoms with van der Waals surface area (Å²) in [5.74, 6) is 0. The summed E-state index contributed by atoms with van der Waals surface area (Å²) in [4.78, 5) is 0. The molecule has 0 heteroatoms. The van der Waals surface area contributed by atoms with E-state index in [-0.39, 0.29) is 0 Å². The largest absolute Gasteiger partial charge is 0.0838 e. The molecule has 86 valence electrons. The lowest BCUT2D eigenvalue weighted by Gasteiger charge is -2.01. The van der Waals surface area contributed by atoms with E-state index in [4.69, 9.17) is 0 Å². The molecule has 0 saturated heterocycles. The first-order chi connectivity index (χ1) is 8.36. The van der Waals surface area contributed by atoms with Crippen molar-refractivity contribution < 1.29 is 0 Å². The summed E-state index contributed by atoms with van der Waals surface area (Å²) in [6, 6.07) is 19.1. The molecule has 0 N–H and O–H groups in total. The molecule has 0 fully saturated rings. The lowest BCUT2D eigenvalue weighted by Crippen LogP contribution is -1.86. The van der Waals surface area contributed by atoms with Crippen molar-refractivity contribution in [3.63, 3.8) is 0 Å². The Kier molecular flexibility index (Phi) is 4.15. The standard InChI is InChI=1S/C17H18/c1-15-9-5-7-13-17(15)14-8-6-12-16-10-3-2-4-11-16/h2-11,13H,12,14H2,1H3. The zero-order chi connectivity index (χ0) is 11.9. The van der Waals surface area contributed by atoms with Gasteiger partial charge in [-0.05, 0) is 36.5 Å². The highest BCUT2D eigenvalue weighted by Gasteiger charge is 1.93. The van der Waals surface area contributed by atoms with Crippen molar-refractivity contribution in [2.24, 2.45) is 0 Å². The summed E-state index contributed by atoms with van der Waals surface area (Å²) in [5, 5.41) is 0. The van der Waals surface area contributed by atoms with Gasteiger partial charge in [0.1, 0.15) is 0 Å². The number of allylic oxidation sites excluding steroid dienone is 2. The lowest BCUT2D eigenvalue weighted by molar-refractivity contribution is 1.18. The number of aryl methyl sites for hydroxylation is 1. The highest BCUT2D eigenvalue weighted by molar-refractivity contribution is 5.27. The second kappa shape index (κ2) is 6.05. The van der Waals surface area contributed by atoms with Crippen LogP contribution in [0, 0.1) is 6.92 Å². The topological polar surface area (TPSA) is 0 Å². The Hall–Kier alpha value is -1.82. The third-order valence-corrected chi connectivity index (χ3v) is 2.96. The smallest absolute Gasteiger partial charge is 0.00947 e. The van der Waals surface area contributed by atoms with Crippen molar-refractivity contribution in [1.29, 1.82) is 0 Å². The maximum absolute atomic E-state index is 2.26. The van der Waals surface area contributed by atoms with Crippen LogP contribution in [0.5, 0.6) is 0 Å². The highest BCUT2D eigenvalue weighted by atomic mass is 14.0. The van der Waals surface area contributed by atoms with E-state index < -0.39 is 0 Å². The molecule has 0 aromatic heterocycles. The van der Waals surface area contributed by atoms with E-state index in [1.54, 1.807) is 0 Å². The van der Waals surface area contributed by atoms with Gasteiger partial charge in [-0.15, -0.1) is 0 Å². The lowest BCUT2D eigenvalue weighted by atomic mass is 10.1. The van der Waals surface area contributed by atoms with Crippen molar-refractivity contribution in [2.45, 2.75) is 19.8 Å². The molecule has 2 aromatic carbocycles. The Morgan fingerprint density at radius 1 is 0.765 bits per heavy atom. The van der Waals surface area contributed by atoms with Gasteiger partial charge < -0.3 is 0 Å². The minimum absolute atomic E-state index is 1.02. The van der Waals surface area contributed by atoms with Crippen molar-refractivity contribution >= 4 is 0 Å². The van der Waals surface area contributed by atoms with E-state index >= 15 is 0 Å². The van der Waals surface area contributed by atoms with Crippen LogP contribution in [0.15, 0.2) is 66.7 Å². The average Bonchev–Trinajstić information content (AvgIpc) is 2.38. The molecule has 2 aromatic rings. The molecule has 0 amide bonds. The van der Waals surface area contributed by atoms with E-state index in [2.05, 4.69) is 73.7 Å². The van der Waals surface area contributed by atoms with Gasteiger partial charge in [0, 0.05) is 0 Å². The van der Waals surface area contributed by atoms with Crippen LogP contribution in [0.4, 0.5) is 0 Å². The maximum Gasteiger partial charge on any atom is -0.00947 e. The van der Waals surface area contributed by atoms with Crippen LogP contribution in [0.25, 0.3) is 0 Å². The normalized spacial score (nSPS) is 10.9. The van der Waals surface area contributed by atoms with E-state index in [0.29, 0.717) is 0 Å². The van der Waals surface area contributed by atoms with Crippen molar-refractivity contribution in [2.75, 3.05) is 0 Å². The molecule has 0 unspecified atom stereocenters. The minimum Gasteiger partial charge on any atom is -0.0838 e. The molecule has 0 aliphatic carbocycles. The second-order valence-corrected chi connectivity index (χ2v) is 4.29.